The van der Waals surface area contributed by atoms with E-state index in [-0.39, 0.29) is 10.7 Å². The Bertz CT molecular complexity index is 588. The molecule has 18 heavy (non-hydrogen) atoms. The Hall–Kier alpha value is -1.79. The monoisotopic (exact) mass is 282 g/mol. The van der Waals surface area contributed by atoms with Gasteiger partial charge in [-0.3, -0.25) is 0 Å². The van der Waals surface area contributed by atoms with E-state index in [1.165, 1.54) is 24.5 Å². The van der Waals surface area contributed by atoms with Gasteiger partial charge in [-0.05, 0) is 18.2 Å². The zero-order valence-electron chi connectivity index (χ0n) is 9.02. The van der Waals surface area contributed by atoms with E-state index in [0.717, 1.165) is 0 Å². The molecule has 0 amide bonds. The van der Waals surface area contributed by atoms with Gasteiger partial charge in [0.1, 0.15) is 22.3 Å². The number of hydrogen-bond donors (Lipinski definition) is 2. The summed E-state index contributed by atoms with van der Waals surface area (Å²) < 4.78 is 13.5. The van der Waals surface area contributed by atoms with E-state index in [1.807, 2.05) is 0 Å². The molecule has 2 rings (SSSR count). The molecule has 1 aromatic carbocycles. The predicted molar refractivity (Wildman–Crippen MR) is 72.6 cm³/mol. The lowest BCUT2D eigenvalue weighted by Crippen LogP contribution is -2.12. The first-order chi connectivity index (χ1) is 8.56. The van der Waals surface area contributed by atoms with Crippen LogP contribution in [0.4, 0.5) is 15.9 Å². The molecule has 1 aromatic heterocycles. The summed E-state index contributed by atoms with van der Waals surface area (Å²) in [5.74, 6) is -0.0843. The van der Waals surface area contributed by atoms with Gasteiger partial charge in [-0.1, -0.05) is 23.8 Å². The second kappa shape index (κ2) is 5.24. The van der Waals surface area contributed by atoms with Gasteiger partial charge in [0, 0.05) is 5.02 Å². The van der Waals surface area contributed by atoms with Crippen molar-refractivity contribution in [2.24, 2.45) is 5.73 Å². The maximum atomic E-state index is 13.5. The van der Waals surface area contributed by atoms with E-state index in [0.29, 0.717) is 16.5 Å². The Kier molecular flexibility index (Phi) is 3.69. The second-order valence-corrected chi connectivity index (χ2v) is 4.28. The van der Waals surface area contributed by atoms with Crippen LogP contribution in [0.25, 0.3) is 0 Å². The fourth-order valence-electron chi connectivity index (χ4n) is 1.25. The van der Waals surface area contributed by atoms with Crippen LogP contribution in [0.15, 0.2) is 30.6 Å². The minimum Gasteiger partial charge on any atom is -0.388 e. The molecule has 0 unspecified atom stereocenters. The summed E-state index contributed by atoms with van der Waals surface area (Å²) in [7, 11) is 0. The average molecular weight is 283 g/mol. The fourth-order valence-corrected chi connectivity index (χ4v) is 1.51. The second-order valence-electron chi connectivity index (χ2n) is 3.40. The highest BCUT2D eigenvalue weighted by Crippen LogP contribution is 2.21. The molecule has 92 valence electrons. The quantitative estimate of drug-likeness (QED) is 0.848. The minimum absolute atomic E-state index is 0.159. The zero-order valence-corrected chi connectivity index (χ0v) is 10.6. The number of nitrogens with zero attached hydrogens (tertiary/aromatic N) is 2. The van der Waals surface area contributed by atoms with Crippen molar-refractivity contribution in [3.63, 3.8) is 0 Å². The number of anilines is 2. The smallest absolute Gasteiger partial charge is 0.148 e. The summed E-state index contributed by atoms with van der Waals surface area (Å²) in [6.45, 7) is 0. The lowest BCUT2D eigenvalue weighted by Gasteiger charge is -2.06. The van der Waals surface area contributed by atoms with Crippen LogP contribution < -0.4 is 11.1 Å². The molecule has 7 heteroatoms. The molecule has 0 aliphatic carbocycles. The van der Waals surface area contributed by atoms with Crippen molar-refractivity contribution >= 4 is 40.3 Å². The number of aromatic nitrogens is 2. The van der Waals surface area contributed by atoms with Crippen molar-refractivity contribution in [3.8, 4) is 0 Å². The fraction of sp³-hybridized carbons (Fsp3) is 0. The summed E-state index contributed by atoms with van der Waals surface area (Å²) in [6.07, 6.45) is 2.83. The molecular weight excluding hydrogens is 275 g/mol. The van der Waals surface area contributed by atoms with Crippen LogP contribution in [-0.2, 0) is 0 Å². The molecule has 0 aliphatic heterocycles. The molecule has 2 aromatic rings. The highest BCUT2D eigenvalue weighted by molar-refractivity contribution is 7.80. The molecule has 0 spiro atoms. The number of benzene rings is 1. The molecule has 0 bridgehead atoms. The SMILES string of the molecule is NC(=S)c1cnc(Nc2ccc(Cl)cc2F)cn1. The Balaban J connectivity index is 2.21. The van der Waals surface area contributed by atoms with Crippen molar-refractivity contribution in [2.75, 3.05) is 5.32 Å². The number of rotatable bonds is 3. The molecular formula is C11H8ClFN4S. The molecule has 0 radical (unpaired) electrons. The van der Waals surface area contributed by atoms with Crippen LogP contribution >= 0.6 is 23.8 Å². The number of hydrogen-bond acceptors (Lipinski definition) is 4. The Morgan fingerprint density at radius 2 is 2.11 bits per heavy atom. The third kappa shape index (κ3) is 2.91. The highest BCUT2D eigenvalue weighted by Gasteiger charge is 2.05. The highest BCUT2D eigenvalue weighted by atomic mass is 35.5. The van der Waals surface area contributed by atoms with E-state index in [1.54, 1.807) is 6.07 Å². The average Bonchev–Trinajstić information content (AvgIpc) is 2.33. The third-order valence-electron chi connectivity index (χ3n) is 2.10. The normalized spacial score (nSPS) is 10.1. The van der Waals surface area contributed by atoms with Gasteiger partial charge in [0.15, 0.2) is 0 Å². The molecule has 0 saturated carbocycles. The first kappa shape index (κ1) is 12.7. The maximum absolute atomic E-state index is 13.5. The van der Waals surface area contributed by atoms with Crippen molar-refractivity contribution in [1.82, 2.24) is 9.97 Å². The van der Waals surface area contributed by atoms with Gasteiger partial charge in [0.25, 0.3) is 0 Å². The van der Waals surface area contributed by atoms with Crippen molar-refractivity contribution in [2.45, 2.75) is 0 Å². The third-order valence-corrected chi connectivity index (χ3v) is 2.54. The standard InChI is InChI=1S/C11H8ClFN4S/c12-6-1-2-8(7(13)3-6)17-10-5-15-9(4-16-10)11(14)18/h1-5H,(H2,14,18)(H,16,17). The van der Waals surface area contributed by atoms with Crippen LogP contribution in [0.3, 0.4) is 0 Å². The van der Waals surface area contributed by atoms with E-state index in [2.05, 4.69) is 15.3 Å². The summed E-state index contributed by atoms with van der Waals surface area (Å²) >= 11 is 10.4. The van der Waals surface area contributed by atoms with E-state index >= 15 is 0 Å². The van der Waals surface area contributed by atoms with Gasteiger partial charge in [0.05, 0.1) is 18.1 Å². The van der Waals surface area contributed by atoms with Gasteiger partial charge in [-0.25, -0.2) is 14.4 Å². The van der Waals surface area contributed by atoms with Gasteiger partial charge in [0.2, 0.25) is 0 Å². The lowest BCUT2D eigenvalue weighted by molar-refractivity contribution is 0.632. The Labute approximate surface area is 113 Å². The Morgan fingerprint density at radius 3 is 2.67 bits per heavy atom. The predicted octanol–water partition coefficient (Wildman–Crippen LogP) is 2.65. The van der Waals surface area contributed by atoms with Crippen molar-refractivity contribution in [1.29, 1.82) is 0 Å². The number of nitrogens with two attached hydrogens (primary N) is 1. The summed E-state index contributed by atoms with van der Waals surface area (Å²) in [4.78, 5) is 8.16. The number of nitrogens with one attached hydrogen (secondary N) is 1. The Morgan fingerprint density at radius 1 is 1.33 bits per heavy atom. The zero-order chi connectivity index (χ0) is 13.1. The van der Waals surface area contributed by atoms with Crippen molar-refractivity contribution in [3.05, 3.63) is 47.1 Å². The van der Waals surface area contributed by atoms with Gasteiger partial charge in [-0.2, -0.15) is 0 Å². The number of thiocarbonyl (C=S) groups is 1. The molecule has 0 saturated heterocycles. The van der Waals surface area contributed by atoms with E-state index in [4.69, 9.17) is 29.6 Å². The van der Waals surface area contributed by atoms with Gasteiger partial charge >= 0.3 is 0 Å². The molecule has 0 atom stereocenters. The molecule has 4 nitrogen and oxygen atoms in total. The largest absolute Gasteiger partial charge is 0.388 e. The van der Waals surface area contributed by atoms with Crippen LogP contribution in [0, 0.1) is 5.82 Å². The summed E-state index contributed by atoms with van der Waals surface area (Å²) in [5.41, 5.74) is 6.06. The van der Waals surface area contributed by atoms with Crippen molar-refractivity contribution < 1.29 is 4.39 Å². The lowest BCUT2D eigenvalue weighted by atomic mass is 10.3. The van der Waals surface area contributed by atoms with Crippen LogP contribution in [0.2, 0.25) is 5.02 Å². The van der Waals surface area contributed by atoms with E-state index < -0.39 is 5.82 Å². The summed E-state index contributed by atoms with van der Waals surface area (Å²) in [5, 5.41) is 3.10. The molecule has 0 aliphatic rings. The topological polar surface area (TPSA) is 63.8 Å². The van der Waals surface area contributed by atoms with Crippen LogP contribution in [0.1, 0.15) is 5.69 Å². The molecule has 3 N–H and O–H groups in total. The first-order valence-corrected chi connectivity index (χ1v) is 5.69. The number of halogens is 2. The van der Waals surface area contributed by atoms with Crippen LogP contribution in [-0.4, -0.2) is 15.0 Å². The molecule has 0 fully saturated rings. The summed E-state index contributed by atoms with van der Waals surface area (Å²) in [6, 6.07) is 4.30. The first-order valence-electron chi connectivity index (χ1n) is 4.90. The van der Waals surface area contributed by atoms with Crippen LogP contribution in [0.5, 0.6) is 0 Å². The van der Waals surface area contributed by atoms with E-state index in [9.17, 15) is 4.39 Å². The van der Waals surface area contributed by atoms with Gasteiger partial charge < -0.3 is 11.1 Å². The minimum atomic E-state index is -0.470. The maximum Gasteiger partial charge on any atom is 0.148 e. The van der Waals surface area contributed by atoms with Gasteiger partial charge in [-0.15, -0.1) is 0 Å². The molecule has 1 heterocycles.